The third-order valence-electron chi connectivity index (χ3n) is 2.73. The molecule has 1 aromatic rings. The van der Waals surface area contributed by atoms with Gasteiger partial charge < -0.3 is 9.90 Å². The van der Waals surface area contributed by atoms with E-state index in [0.29, 0.717) is 9.80 Å². The van der Waals surface area contributed by atoms with Gasteiger partial charge in [-0.25, -0.2) is 0 Å². The number of carboxylic acids is 1. The van der Waals surface area contributed by atoms with Gasteiger partial charge in [0.25, 0.3) is 0 Å². The minimum absolute atomic E-state index is 0.0421. The van der Waals surface area contributed by atoms with Crippen LogP contribution in [0.25, 0.3) is 6.08 Å². The van der Waals surface area contributed by atoms with Gasteiger partial charge >= 0.3 is 0 Å². The standard InChI is InChI=1S/C14H13NO5S2/c16-11(12(13(17)18)14-21-6-7-22-14)5-4-9-2-1-3-10(8-9)15(19)20/h1-5,8,19-20H,6-7H2,(H,17,18)/p-1. The molecule has 116 valence electrons. The molecule has 0 spiro atoms. The van der Waals surface area contributed by atoms with Crippen LogP contribution in [0.1, 0.15) is 5.56 Å². The number of nitrogens with zero attached hydrogens (tertiary/aromatic N) is 1. The zero-order valence-corrected chi connectivity index (χ0v) is 12.9. The van der Waals surface area contributed by atoms with E-state index in [1.54, 1.807) is 12.1 Å². The van der Waals surface area contributed by atoms with Crippen LogP contribution in [0.5, 0.6) is 0 Å². The molecule has 1 aliphatic rings. The van der Waals surface area contributed by atoms with Gasteiger partial charge in [0, 0.05) is 11.5 Å². The van der Waals surface area contributed by atoms with Crippen molar-refractivity contribution < 1.29 is 25.1 Å². The summed E-state index contributed by atoms with van der Waals surface area (Å²) >= 11 is 2.66. The molecule has 0 aromatic heterocycles. The molecular weight excluding hydrogens is 326 g/mol. The lowest BCUT2D eigenvalue weighted by Gasteiger charge is -2.09. The van der Waals surface area contributed by atoms with Crippen LogP contribution in [0.3, 0.4) is 0 Å². The van der Waals surface area contributed by atoms with Gasteiger partial charge in [0.1, 0.15) is 0 Å². The Balaban J connectivity index is 2.21. The van der Waals surface area contributed by atoms with E-state index < -0.39 is 11.8 Å². The van der Waals surface area contributed by atoms with Crippen molar-refractivity contribution in [3.8, 4) is 0 Å². The predicted molar refractivity (Wildman–Crippen MR) is 83.5 cm³/mol. The number of allylic oxidation sites excluding steroid dienone is 1. The van der Waals surface area contributed by atoms with Crippen molar-refractivity contribution in [1.29, 1.82) is 0 Å². The van der Waals surface area contributed by atoms with Crippen LogP contribution >= 0.6 is 23.5 Å². The molecule has 1 aliphatic heterocycles. The van der Waals surface area contributed by atoms with Crippen LogP contribution in [0.15, 0.2) is 40.2 Å². The Bertz CT molecular complexity index is 646. The maximum Gasteiger partial charge on any atom is 0.189 e. The van der Waals surface area contributed by atoms with Gasteiger partial charge in [-0.3, -0.25) is 15.2 Å². The van der Waals surface area contributed by atoms with Gasteiger partial charge in [-0.15, -0.1) is 28.8 Å². The number of anilines is 1. The summed E-state index contributed by atoms with van der Waals surface area (Å²) in [7, 11) is 0. The largest absolute Gasteiger partial charge is 0.545 e. The lowest BCUT2D eigenvalue weighted by molar-refractivity contribution is -0.298. The van der Waals surface area contributed by atoms with Crippen LogP contribution in [0.2, 0.25) is 0 Å². The molecule has 0 saturated carbocycles. The fourth-order valence-corrected chi connectivity index (χ4v) is 4.27. The minimum Gasteiger partial charge on any atom is -0.545 e. The van der Waals surface area contributed by atoms with E-state index in [1.165, 1.54) is 41.7 Å². The van der Waals surface area contributed by atoms with Crippen LogP contribution < -0.4 is 10.3 Å². The van der Waals surface area contributed by atoms with E-state index in [4.69, 9.17) is 10.4 Å². The third-order valence-corrected chi connectivity index (χ3v) is 5.45. The average molecular weight is 338 g/mol. The molecule has 0 radical (unpaired) electrons. The highest BCUT2D eigenvalue weighted by molar-refractivity contribution is 8.25. The Morgan fingerprint density at radius 1 is 1.23 bits per heavy atom. The molecule has 0 bridgehead atoms. The Morgan fingerprint density at radius 3 is 2.50 bits per heavy atom. The fraction of sp³-hybridized carbons (Fsp3) is 0.143. The molecule has 22 heavy (non-hydrogen) atoms. The SMILES string of the molecule is O=C([O-])C(C(=O)C=Cc1cccc(N(O)O)c1)=C1SCCS1. The molecule has 2 rings (SSSR count). The summed E-state index contributed by atoms with van der Waals surface area (Å²) < 4.78 is 0.472. The highest BCUT2D eigenvalue weighted by atomic mass is 32.2. The zero-order chi connectivity index (χ0) is 16.1. The molecule has 0 amide bonds. The molecule has 8 heteroatoms. The Morgan fingerprint density at radius 2 is 1.91 bits per heavy atom. The summed E-state index contributed by atoms with van der Waals surface area (Å²) in [5, 5.41) is 29.0. The molecule has 2 N–H and O–H groups in total. The molecule has 1 saturated heterocycles. The Hall–Kier alpha value is -1.74. The normalized spacial score (nSPS) is 14.4. The summed E-state index contributed by atoms with van der Waals surface area (Å²) in [6.45, 7) is 0. The van der Waals surface area contributed by atoms with Crippen LogP contribution in [-0.4, -0.2) is 33.7 Å². The van der Waals surface area contributed by atoms with Crippen molar-refractivity contribution >= 4 is 47.0 Å². The smallest absolute Gasteiger partial charge is 0.189 e. The number of benzene rings is 1. The first kappa shape index (κ1) is 16.6. The first-order valence-electron chi connectivity index (χ1n) is 6.20. The fourth-order valence-electron chi connectivity index (χ4n) is 1.75. The van der Waals surface area contributed by atoms with Crippen molar-refractivity contribution in [2.75, 3.05) is 16.7 Å². The van der Waals surface area contributed by atoms with Crippen molar-refractivity contribution in [3.05, 3.63) is 45.7 Å². The monoisotopic (exact) mass is 338 g/mol. The van der Waals surface area contributed by atoms with Crippen LogP contribution in [0, 0.1) is 0 Å². The van der Waals surface area contributed by atoms with Crippen LogP contribution in [-0.2, 0) is 9.59 Å². The second-order valence-corrected chi connectivity index (χ2v) is 6.70. The number of carbonyl (C=O) groups is 2. The van der Waals surface area contributed by atoms with Gasteiger partial charge in [0.2, 0.25) is 0 Å². The number of rotatable bonds is 5. The highest BCUT2D eigenvalue weighted by Crippen LogP contribution is 2.38. The van der Waals surface area contributed by atoms with Gasteiger partial charge in [-0.05, 0) is 23.8 Å². The van der Waals surface area contributed by atoms with Crippen molar-refractivity contribution in [2.24, 2.45) is 0 Å². The summed E-state index contributed by atoms with van der Waals surface area (Å²) in [6, 6.07) is 6.09. The first-order chi connectivity index (χ1) is 10.5. The molecular formula is C14H12NO5S2-. The number of thioether (sulfide) groups is 2. The molecule has 0 unspecified atom stereocenters. The predicted octanol–water partition coefficient (Wildman–Crippen LogP) is 1.30. The lowest BCUT2D eigenvalue weighted by atomic mass is 10.1. The second kappa shape index (κ2) is 7.50. The highest BCUT2D eigenvalue weighted by Gasteiger charge is 2.19. The number of carbonyl (C=O) groups excluding carboxylic acids is 2. The average Bonchev–Trinajstić information content (AvgIpc) is 2.99. The molecule has 0 atom stereocenters. The number of hydrogen-bond donors (Lipinski definition) is 2. The lowest BCUT2D eigenvalue weighted by Crippen LogP contribution is -2.28. The zero-order valence-electron chi connectivity index (χ0n) is 11.3. The summed E-state index contributed by atoms with van der Waals surface area (Å²) in [4.78, 5) is 23.2. The van der Waals surface area contributed by atoms with E-state index in [-0.39, 0.29) is 16.5 Å². The second-order valence-electron chi connectivity index (χ2n) is 4.23. The van der Waals surface area contributed by atoms with Gasteiger partial charge in [0.05, 0.1) is 21.5 Å². The molecule has 1 fully saturated rings. The van der Waals surface area contributed by atoms with Gasteiger partial charge in [-0.2, -0.15) is 0 Å². The number of carboxylic acid groups (broad SMARTS) is 1. The topological polar surface area (TPSA) is 101 Å². The van der Waals surface area contributed by atoms with E-state index in [2.05, 4.69) is 0 Å². The minimum atomic E-state index is -1.49. The molecule has 0 aliphatic carbocycles. The molecule has 6 nitrogen and oxygen atoms in total. The van der Waals surface area contributed by atoms with Crippen molar-refractivity contribution in [1.82, 2.24) is 0 Å². The third kappa shape index (κ3) is 4.14. The van der Waals surface area contributed by atoms with Crippen molar-refractivity contribution in [2.45, 2.75) is 0 Å². The quantitative estimate of drug-likeness (QED) is 0.358. The van der Waals surface area contributed by atoms with Gasteiger partial charge in [0.15, 0.2) is 5.78 Å². The molecule has 1 heterocycles. The number of aliphatic carboxylic acids is 1. The Labute approximate surface area is 135 Å². The van der Waals surface area contributed by atoms with E-state index in [9.17, 15) is 14.7 Å². The first-order valence-corrected chi connectivity index (χ1v) is 8.17. The summed E-state index contributed by atoms with van der Waals surface area (Å²) in [5.74, 6) is -0.610. The van der Waals surface area contributed by atoms with E-state index >= 15 is 0 Å². The maximum absolute atomic E-state index is 12.1. The van der Waals surface area contributed by atoms with E-state index in [0.717, 1.165) is 17.6 Å². The van der Waals surface area contributed by atoms with Crippen LogP contribution in [0.4, 0.5) is 5.69 Å². The summed E-state index contributed by atoms with van der Waals surface area (Å²) in [6.07, 6.45) is 2.54. The van der Waals surface area contributed by atoms with Gasteiger partial charge in [-0.1, -0.05) is 18.2 Å². The Kier molecular flexibility index (Phi) is 5.67. The van der Waals surface area contributed by atoms with Crippen molar-refractivity contribution in [3.63, 3.8) is 0 Å². The summed E-state index contributed by atoms with van der Waals surface area (Å²) in [5.41, 5.74) is 0.314. The maximum atomic E-state index is 12.1. The number of hydrogen-bond acceptors (Lipinski definition) is 8. The van der Waals surface area contributed by atoms with E-state index in [1.807, 2.05) is 0 Å². The molecule has 1 aromatic carbocycles. The number of ketones is 1.